The minimum atomic E-state index is 0.529. The lowest BCUT2D eigenvalue weighted by molar-refractivity contribution is 0.228. The summed E-state index contributed by atoms with van der Waals surface area (Å²) in [7, 11) is 0. The van der Waals surface area contributed by atoms with Gasteiger partial charge in [0.15, 0.2) is 0 Å². The second kappa shape index (κ2) is 5.11. The van der Waals surface area contributed by atoms with Crippen LogP contribution in [0, 0.1) is 18.8 Å². The zero-order valence-corrected chi connectivity index (χ0v) is 11.3. The van der Waals surface area contributed by atoms with Crippen LogP contribution in [-0.2, 0) is 0 Å². The molecule has 1 aromatic rings. The quantitative estimate of drug-likeness (QED) is 0.870. The molecule has 2 rings (SSSR count). The van der Waals surface area contributed by atoms with E-state index in [1.54, 1.807) is 0 Å². The van der Waals surface area contributed by atoms with Crippen LogP contribution in [0.25, 0.3) is 0 Å². The highest BCUT2D eigenvalue weighted by Gasteiger charge is 2.25. The number of nitrogens with two attached hydrogens (primary N) is 1. The van der Waals surface area contributed by atoms with Crippen LogP contribution in [0.5, 0.6) is 0 Å². The molecule has 3 heteroatoms. The Bertz CT molecular complexity index is 368. The molecule has 1 saturated carbocycles. The maximum absolute atomic E-state index is 6.08. The van der Waals surface area contributed by atoms with E-state index >= 15 is 0 Å². The molecule has 0 aromatic carbocycles. The number of nitrogen functional groups attached to an aromatic ring is 1. The van der Waals surface area contributed by atoms with Crippen LogP contribution in [0.15, 0.2) is 6.20 Å². The number of hydrogen-bond donors (Lipinski definition) is 1. The van der Waals surface area contributed by atoms with E-state index in [1.165, 1.54) is 32.1 Å². The summed E-state index contributed by atoms with van der Waals surface area (Å²) in [5.74, 6) is 2.52. The van der Waals surface area contributed by atoms with E-state index < -0.39 is 0 Å². The van der Waals surface area contributed by atoms with Gasteiger partial charge in [0.25, 0.3) is 0 Å². The summed E-state index contributed by atoms with van der Waals surface area (Å²) in [5, 5.41) is 4.44. The fourth-order valence-corrected chi connectivity index (χ4v) is 3.11. The van der Waals surface area contributed by atoms with Gasteiger partial charge < -0.3 is 5.73 Å². The number of rotatable bonds is 3. The van der Waals surface area contributed by atoms with Crippen molar-refractivity contribution in [2.75, 3.05) is 5.73 Å². The third kappa shape index (κ3) is 2.82. The van der Waals surface area contributed by atoms with Gasteiger partial charge in [-0.25, -0.2) is 4.68 Å². The molecule has 1 aromatic heterocycles. The Morgan fingerprint density at radius 1 is 1.47 bits per heavy atom. The van der Waals surface area contributed by atoms with Crippen molar-refractivity contribution in [3.05, 3.63) is 11.8 Å². The van der Waals surface area contributed by atoms with Crippen LogP contribution in [0.3, 0.4) is 0 Å². The Balaban J connectivity index is 2.04. The normalized spacial score (nSPS) is 25.4. The molecule has 0 amide bonds. The Labute approximate surface area is 104 Å². The summed E-state index contributed by atoms with van der Waals surface area (Å²) >= 11 is 0. The van der Waals surface area contributed by atoms with E-state index in [9.17, 15) is 0 Å². The minimum absolute atomic E-state index is 0.529. The molecule has 0 saturated heterocycles. The first-order valence-electron chi connectivity index (χ1n) is 6.87. The maximum Gasteiger partial charge on any atom is 0.124 e. The molecule has 1 fully saturated rings. The summed E-state index contributed by atoms with van der Waals surface area (Å²) < 4.78 is 2.06. The molecular weight excluding hydrogens is 210 g/mol. The molecule has 96 valence electrons. The fourth-order valence-electron chi connectivity index (χ4n) is 3.11. The van der Waals surface area contributed by atoms with Gasteiger partial charge in [0.2, 0.25) is 0 Å². The molecule has 2 unspecified atom stereocenters. The Morgan fingerprint density at radius 2 is 2.24 bits per heavy atom. The van der Waals surface area contributed by atoms with Crippen LogP contribution < -0.4 is 5.73 Å². The molecule has 0 spiro atoms. The monoisotopic (exact) mass is 235 g/mol. The number of hydrogen-bond acceptors (Lipinski definition) is 2. The van der Waals surface area contributed by atoms with E-state index in [2.05, 4.69) is 23.6 Å². The number of aromatic nitrogens is 2. The van der Waals surface area contributed by atoms with Crippen LogP contribution in [0.4, 0.5) is 5.82 Å². The Hall–Kier alpha value is -0.990. The fraction of sp³-hybridized carbons (Fsp3) is 0.786. The summed E-state index contributed by atoms with van der Waals surface area (Å²) in [6, 6.07) is 0.529. The lowest BCUT2D eigenvalue weighted by atomic mass is 9.81. The molecule has 0 bridgehead atoms. The van der Waals surface area contributed by atoms with Gasteiger partial charge in [-0.3, -0.25) is 0 Å². The SMILES string of the molecule is Cc1cnn(C2CCCC(CC(C)C)C2)c1N. The first-order chi connectivity index (χ1) is 8.08. The number of anilines is 1. The van der Waals surface area contributed by atoms with Gasteiger partial charge in [-0.15, -0.1) is 0 Å². The van der Waals surface area contributed by atoms with Gasteiger partial charge in [0, 0.05) is 5.56 Å². The predicted molar refractivity (Wildman–Crippen MR) is 71.8 cm³/mol. The largest absolute Gasteiger partial charge is 0.384 e. The molecular formula is C14H25N3. The lowest BCUT2D eigenvalue weighted by Crippen LogP contribution is -2.22. The smallest absolute Gasteiger partial charge is 0.124 e. The zero-order chi connectivity index (χ0) is 12.4. The third-order valence-corrected chi connectivity index (χ3v) is 3.93. The van der Waals surface area contributed by atoms with E-state index in [0.29, 0.717) is 6.04 Å². The average Bonchev–Trinajstić information content (AvgIpc) is 2.59. The topological polar surface area (TPSA) is 43.8 Å². The van der Waals surface area contributed by atoms with Crippen LogP contribution in [0.1, 0.15) is 57.6 Å². The van der Waals surface area contributed by atoms with E-state index in [4.69, 9.17) is 5.73 Å². The van der Waals surface area contributed by atoms with Crippen molar-refractivity contribution in [3.8, 4) is 0 Å². The zero-order valence-electron chi connectivity index (χ0n) is 11.3. The highest BCUT2D eigenvalue weighted by molar-refractivity contribution is 5.37. The van der Waals surface area contributed by atoms with Crippen molar-refractivity contribution in [1.29, 1.82) is 0 Å². The first kappa shape index (κ1) is 12.5. The average molecular weight is 235 g/mol. The summed E-state index contributed by atoms with van der Waals surface area (Å²) in [5.41, 5.74) is 7.19. The van der Waals surface area contributed by atoms with Gasteiger partial charge in [0.1, 0.15) is 5.82 Å². The minimum Gasteiger partial charge on any atom is -0.384 e. The molecule has 0 aliphatic heterocycles. The second-order valence-corrected chi connectivity index (χ2v) is 5.97. The molecule has 2 atom stereocenters. The molecule has 1 heterocycles. The highest BCUT2D eigenvalue weighted by Crippen LogP contribution is 2.36. The van der Waals surface area contributed by atoms with Gasteiger partial charge in [-0.2, -0.15) is 5.10 Å². The summed E-state index contributed by atoms with van der Waals surface area (Å²) in [6.45, 7) is 6.67. The molecule has 1 aliphatic rings. The van der Waals surface area contributed by atoms with Crippen molar-refractivity contribution in [3.63, 3.8) is 0 Å². The van der Waals surface area contributed by atoms with Crippen molar-refractivity contribution in [2.45, 2.75) is 58.9 Å². The van der Waals surface area contributed by atoms with E-state index in [0.717, 1.165) is 23.2 Å². The van der Waals surface area contributed by atoms with E-state index in [-0.39, 0.29) is 0 Å². The van der Waals surface area contributed by atoms with Crippen molar-refractivity contribution in [2.24, 2.45) is 11.8 Å². The maximum atomic E-state index is 6.08. The summed E-state index contributed by atoms with van der Waals surface area (Å²) in [6.07, 6.45) is 8.43. The molecule has 0 radical (unpaired) electrons. The van der Waals surface area contributed by atoms with E-state index in [1.807, 2.05) is 13.1 Å². The molecule has 17 heavy (non-hydrogen) atoms. The molecule has 3 nitrogen and oxygen atoms in total. The van der Waals surface area contributed by atoms with Crippen LogP contribution in [-0.4, -0.2) is 9.78 Å². The number of nitrogens with zero attached hydrogens (tertiary/aromatic N) is 2. The molecule has 1 aliphatic carbocycles. The highest BCUT2D eigenvalue weighted by atomic mass is 15.3. The lowest BCUT2D eigenvalue weighted by Gasteiger charge is -2.30. The van der Waals surface area contributed by atoms with Gasteiger partial charge in [-0.05, 0) is 38.0 Å². The van der Waals surface area contributed by atoms with Crippen LogP contribution >= 0.6 is 0 Å². The van der Waals surface area contributed by atoms with Crippen molar-refractivity contribution in [1.82, 2.24) is 9.78 Å². The van der Waals surface area contributed by atoms with Gasteiger partial charge >= 0.3 is 0 Å². The van der Waals surface area contributed by atoms with Gasteiger partial charge in [-0.1, -0.05) is 26.7 Å². The predicted octanol–water partition coefficient (Wildman–Crippen LogP) is 3.55. The van der Waals surface area contributed by atoms with Crippen molar-refractivity contribution < 1.29 is 0 Å². The second-order valence-electron chi connectivity index (χ2n) is 5.97. The Kier molecular flexibility index (Phi) is 3.75. The van der Waals surface area contributed by atoms with Gasteiger partial charge in [0.05, 0.1) is 12.2 Å². The standard InChI is InChI=1S/C14H25N3/c1-10(2)7-12-5-4-6-13(8-12)17-14(15)11(3)9-16-17/h9-10,12-13H,4-8,15H2,1-3H3. The molecule has 2 N–H and O–H groups in total. The van der Waals surface area contributed by atoms with Crippen LogP contribution in [0.2, 0.25) is 0 Å². The first-order valence-corrected chi connectivity index (χ1v) is 6.87. The van der Waals surface area contributed by atoms with Crippen molar-refractivity contribution >= 4 is 5.82 Å². The number of aryl methyl sites for hydroxylation is 1. The third-order valence-electron chi connectivity index (χ3n) is 3.93. The Morgan fingerprint density at radius 3 is 2.82 bits per heavy atom. The summed E-state index contributed by atoms with van der Waals surface area (Å²) in [4.78, 5) is 0.